The number of fused-ring (bicyclic) bond motifs is 5. The van der Waals surface area contributed by atoms with Gasteiger partial charge in [-0.25, -0.2) is 0 Å². The van der Waals surface area contributed by atoms with E-state index >= 15 is 0 Å². The molecule has 0 spiro atoms. The largest absolute Gasteiger partial charge is 0.485 e. The van der Waals surface area contributed by atoms with Crippen LogP contribution in [0.5, 0.6) is 5.75 Å². The third kappa shape index (κ3) is 1.91. The van der Waals surface area contributed by atoms with Crippen molar-refractivity contribution in [1.82, 2.24) is 4.90 Å². The molecule has 3 nitrogen and oxygen atoms in total. The molecule has 108 valence electrons. The highest BCUT2D eigenvalue weighted by Gasteiger charge is 2.48. The van der Waals surface area contributed by atoms with Crippen LogP contribution in [0.15, 0.2) is 42.5 Å². The fourth-order valence-corrected chi connectivity index (χ4v) is 3.94. The van der Waals surface area contributed by atoms with Crippen molar-refractivity contribution in [1.29, 1.82) is 0 Å². The van der Waals surface area contributed by atoms with Crippen LogP contribution in [0.4, 0.5) is 0 Å². The second kappa shape index (κ2) is 4.63. The first kappa shape index (κ1) is 13.0. The molecule has 0 N–H and O–H groups in total. The summed E-state index contributed by atoms with van der Waals surface area (Å²) < 4.78 is 6.17. The zero-order valence-electron chi connectivity index (χ0n) is 11.7. The molecular weight excluding hydrogens is 286 g/mol. The van der Waals surface area contributed by atoms with E-state index in [2.05, 4.69) is 12.2 Å². The highest BCUT2D eigenvalue weighted by atomic mass is 35.5. The van der Waals surface area contributed by atoms with Crippen LogP contribution < -0.4 is 4.74 Å². The van der Waals surface area contributed by atoms with E-state index in [4.69, 9.17) is 16.3 Å². The minimum atomic E-state index is -0.158. The van der Waals surface area contributed by atoms with E-state index in [9.17, 15) is 4.79 Å². The summed E-state index contributed by atoms with van der Waals surface area (Å²) >= 11 is 6.15. The monoisotopic (exact) mass is 301 g/mol. The summed E-state index contributed by atoms with van der Waals surface area (Å²) in [6, 6.07) is 5.59. The minimum absolute atomic E-state index is 0.00998. The number of benzene rings is 1. The number of allylic oxidation sites excluding steroid dienone is 2. The Balaban J connectivity index is 1.89. The summed E-state index contributed by atoms with van der Waals surface area (Å²) in [5, 5.41) is 0.648. The molecule has 0 bridgehead atoms. The minimum Gasteiger partial charge on any atom is -0.485 e. The average Bonchev–Trinajstić information content (AvgIpc) is 2.70. The molecule has 1 aromatic carbocycles. The highest BCUT2D eigenvalue weighted by Crippen LogP contribution is 2.47. The van der Waals surface area contributed by atoms with Gasteiger partial charge >= 0.3 is 0 Å². The zero-order chi connectivity index (χ0) is 14.6. The first-order valence-electron chi connectivity index (χ1n) is 7.21. The van der Waals surface area contributed by atoms with Gasteiger partial charge in [-0.15, -0.1) is 0 Å². The van der Waals surface area contributed by atoms with Gasteiger partial charge in [0.15, 0.2) is 0 Å². The number of hydrogen-bond acceptors (Lipinski definition) is 2. The third-order valence-corrected chi connectivity index (χ3v) is 4.98. The van der Waals surface area contributed by atoms with Crippen molar-refractivity contribution in [2.45, 2.75) is 12.0 Å². The van der Waals surface area contributed by atoms with Crippen LogP contribution in [-0.2, 0) is 4.79 Å². The number of halogens is 1. The van der Waals surface area contributed by atoms with Gasteiger partial charge in [0.05, 0.1) is 5.92 Å². The lowest BCUT2D eigenvalue weighted by molar-refractivity contribution is -0.127. The molecule has 1 fully saturated rings. The molecule has 2 aliphatic heterocycles. The first-order valence-corrected chi connectivity index (χ1v) is 7.59. The van der Waals surface area contributed by atoms with Gasteiger partial charge in [0.2, 0.25) is 5.91 Å². The fraction of sp³-hybridized carbons (Fsp3) is 0.353. The third-order valence-electron chi connectivity index (χ3n) is 4.74. The van der Waals surface area contributed by atoms with Gasteiger partial charge in [-0.2, -0.15) is 0 Å². The summed E-state index contributed by atoms with van der Waals surface area (Å²) in [6.07, 6.45) is 8.30. The fourth-order valence-electron chi connectivity index (χ4n) is 3.76. The maximum absolute atomic E-state index is 12.6. The van der Waals surface area contributed by atoms with Crippen molar-refractivity contribution >= 4 is 17.5 Å². The van der Waals surface area contributed by atoms with E-state index < -0.39 is 0 Å². The molecule has 4 heteroatoms. The zero-order valence-corrected chi connectivity index (χ0v) is 12.5. The molecule has 0 saturated carbocycles. The standard InChI is InChI=1S/C17H16ClNO2/c1-19-9-13-11-4-2-3-5-14(11)21-15-7-6-10(18)8-12(15)16(13)17(19)20/h2-8,11,13-14,16H,9H2,1H3/t11?,13-,14?,16-/m1/s1. The lowest BCUT2D eigenvalue weighted by atomic mass is 9.77. The molecule has 2 heterocycles. The van der Waals surface area contributed by atoms with Gasteiger partial charge in [-0.3, -0.25) is 4.79 Å². The van der Waals surface area contributed by atoms with Gasteiger partial charge in [0.25, 0.3) is 0 Å². The van der Waals surface area contributed by atoms with Gasteiger partial charge in [-0.05, 0) is 24.3 Å². The molecule has 1 amide bonds. The number of carbonyl (C=O) groups excluding carboxylic acids is 1. The molecule has 0 aromatic heterocycles. The molecule has 21 heavy (non-hydrogen) atoms. The van der Waals surface area contributed by atoms with Crippen LogP contribution in [0.2, 0.25) is 5.02 Å². The molecule has 4 rings (SSSR count). The Kier molecular flexibility index (Phi) is 2.86. The summed E-state index contributed by atoms with van der Waals surface area (Å²) in [5.41, 5.74) is 0.929. The Hall–Kier alpha value is -1.74. The molecule has 1 aliphatic carbocycles. The maximum Gasteiger partial charge on any atom is 0.230 e. The molecule has 0 radical (unpaired) electrons. The SMILES string of the molecule is CN1C[C@@H]2C3C=CC=CC3Oc3ccc(Cl)cc3[C@H]2C1=O. The number of amides is 1. The Morgan fingerprint density at radius 1 is 1.29 bits per heavy atom. The van der Waals surface area contributed by atoms with Crippen LogP contribution in [0.3, 0.4) is 0 Å². The first-order chi connectivity index (χ1) is 10.1. The number of likely N-dealkylation sites (tertiary alicyclic amines) is 1. The molecular formula is C17H16ClNO2. The van der Waals surface area contributed by atoms with E-state index in [0.29, 0.717) is 5.02 Å². The molecule has 3 aliphatic rings. The molecule has 1 aromatic rings. The van der Waals surface area contributed by atoms with Crippen molar-refractivity contribution in [3.63, 3.8) is 0 Å². The van der Waals surface area contributed by atoms with E-state index in [1.54, 1.807) is 0 Å². The Morgan fingerprint density at radius 2 is 2.10 bits per heavy atom. The van der Waals surface area contributed by atoms with E-state index in [-0.39, 0.29) is 29.8 Å². The van der Waals surface area contributed by atoms with E-state index in [1.165, 1.54) is 0 Å². The molecule has 4 atom stereocenters. The van der Waals surface area contributed by atoms with E-state index in [0.717, 1.165) is 17.9 Å². The number of hydrogen-bond donors (Lipinski definition) is 0. The lowest BCUT2D eigenvalue weighted by Crippen LogP contribution is -2.32. The van der Waals surface area contributed by atoms with Crippen LogP contribution in [-0.4, -0.2) is 30.5 Å². The topological polar surface area (TPSA) is 29.5 Å². The van der Waals surface area contributed by atoms with Gasteiger partial charge in [0, 0.05) is 36.0 Å². The Morgan fingerprint density at radius 3 is 2.95 bits per heavy atom. The maximum atomic E-state index is 12.6. The second-order valence-corrected chi connectivity index (χ2v) is 6.41. The number of likely N-dealkylation sites (N-methyl/N-ethyl adjacent to an activating group) is 1. The molecule has 2 unspecified atom stereocenters. The quantitative estimate of drug-likeness (QED) is 0.737. The smallest absolute Gasteiger partial charge is 0.230 e. The predicted octanol–water partition coefficient (Wildman–Crippen LogP) is 3.02. The number of ether oxygens (including phenoxy) is 1. The number of nitrogens with zero attached hydrogens (tertiary/aromatic N) is 1. The Labute approximate surface area is 128 Å². The van der Waals surface area contributed by atoms with Gasteiger partial charge < -0.3 is 9.64 Å². The summed E-state index contributed by atoms with van der Waals surface area (Å²) in [5.74, 6) is 1.24. The predicted molar refractivity (Wildman–Crippen MR) is 81.5 cm³/mol. The van der Waals surface area contributed by atoms with Gasteiger partial charge in [0.1, 0.15) is 11.9 Å². The lowest BCUT2D eigenvalue weighted by Gasteiger charge is -2.27. The highest BCUT2D eigenvalue weighted by molar-refractivity contribution is 6.30. The average molecular weight is 302 g/mol. The number of carbonyl (C=O) groups is 1. The van der Waals surface area contributed by atoms with Crippen LogP contribution in [0.25, 0.3) is 0 Å². The van der Waals surface area contributed by atoms with Crippen molar-refractivity contribution in [2.24, 2.45) is 11.8 Å². The summed E-state index contributed by atoms with van der Waals surface area (Å²) in [6.45, 7) is 0.762. The summed E-state index contributed by atoms with van der Waals surface area (Å²) in [4.78, 5) is 14.5. The Bertz CT molecular complexity index is 667. The van der Waals surface area contributed by atoms with Crippen LogP contribution >= 0.6 is 11.6 Å². The molecule has 1 saturated heterocycles. The van der Waals surface area contributed by atoms with Crippen LogP contribution in [0.1, 0.15) is 11.5 Å². The normalized spacial score (nSPS) is 33.0. The number of rotatable bonds is 0. The van der Waals surface area contributed by atoms with Crippen molar-refractivity contribution in [3.8, 4) is 5.75 Å². The summed E-state index contributed by atoms with van der Waals surface area (Å²) in [7, 11) is 1.87. The van der Waals surface area contributed by atoms with Crippen LogP contribution in [0, 0.1) is 11.8 Å². The van der Waals surface area contributed by atoms with E-state index in [1.807, 2.05) is 42.3 Å². The second-order valence-electron chi connectivity index (χ2n) is 5.97. The van der Waals surface area contributed by atoms with Crippen molar-refractivity contribution in [3.05, 3.63) is 53.1 Å². The van der Waals surface area contributed by atoms with Gasteiger partial charge in [-0.1, -0.05) is 29.8 Å². The van der Waals surface area contributed by atoms with Crippen molar-refractivity contribution in [2.75, 3.05) is 13.6 Å². The van der Waals surface area contributed by atoms with Crippen molar-refractivity contribution < 1.29 is 9.53 Å².